The molecule has 28 heavy (non-hydrogen) atoms. The quantitative estimate of drug-likeness (QED) is 0.221. The van der Waals surface area contributed by atoms with E-state index in [1.807, 2.05) is 30.3 Å². The van der Waals surface area contributed by atoms with Crippen molar-refractivity contribution in [3.8, 4) is 0 Å². The predicted octanol–water partition coefficient (Wildman–Crippen LogP) is 3.54. The summed E-state index contributed by atoms with van der Waals surface area (Å²) in [4.78, 5) is 35.2. The van der Waals surface area contributed by atoms with Gasteiger partial charge in [0.1, 0.15) is 0 Å². The van der Waals surface area contributed by atoms with Gasteiger partial charge in [-0.3, -0.25) is 19.6 Å². The van der Waals surface area contributed by atoms with Crippen LogP contribution in [0.5, 0.6) is 0 Å². The minimum Gasteiger partial charge on any atom is -0.353 e. The second-order valence-electron chi connectivity index (χ2n) is 6.96. The fourth-order valence-electron chi connectivity index (χ4n) is 2.92. The van der Waals surface area contributed by atoms with E-state index in [2.05, 4.69) is 17.6 Å². The number of anilines is 1. The number of benzene rings is 1. The van der Waals surface area contributed by atoms with Crippen molar-refractivity contribution in [2.75, 3.05) is 5.32 Å². The molecule has 1 aromatic rings. The summed E-state index contributed by atoms with van der Waals surface area (Å²) < 4.78 is 0. The van der Waals surface area contributed by atoms with E-state index in [-0.39, 0.29) is 24.3 Å². The summed E-state index contributed by atoms with van der Waals surface area (Å²) in [5.74, 6) is -0.472. The highest BCUT2D eigenvalue weighted by molar-refractivity contribution is 5.90. The second-order valence-corrected chi connectivity index (χ2v) is 6.96. The van der Waals surface area contributed by atoms with E-state index in [1.165, 1.54) is 0 Å². The highest BCUT2D eigenvalue weighted by Gasteiger charge is 2.13. The van der Waals surface area contributed by atoms with Crippen LogP contribution in [0.1, 0.15) is 71.1 Å². The fourth-order valence-corrected chi connectivity index (χ4v) is 2.92. The highest BCUT2D eigenvalue weighted by atomic mass is 16.5. The van der Waals surface area contributed by atoms with Gasteiger partial charge in [0, 0.05) is 31.0 Å². The Kier molecular flexibility index (Phi) is 12.3. The third kappa shape index (κ3) is 11.3. The van der Waals surface area contributed by atoms with Crippen molar-refractivity contribution in [2.24, 2.45) is 0 Å². The van der Waals surface area contributed by atoms with Crippen LogP contribution in [0, 0.1) is 0 Å². The lowest BCUT2D eigenvalue weighted by atomic mass is 10.0. The fraction of sp³-hybridized carbons (Fsp3) is 0.571. The molecule has 0 radical (unpaired) electrons. The van der Waals surface area contributed by atoms with Gasteiger partial charge < -0.3 is 10.6 Å². The third-order valence-electron chi connectivity index (χ3n) is 4.47. The van der Waals surface area contributed by atoms with Crippen molar-refractivity contribution in [1.82, 2.24) is 10.8 Å². The van der Waals surface area contributed by atoms with Gasteiger partial charge in [0.05, 0.1) is 0 Å². The maximum atomic E-state index is 12.2. The minimum atomic E-state index is -0.408. The van der Waals surface area contributed by atoms with Crippen molar-refractivity contribution >= 4 is 23.4 Å². The van der Waals surface area contributed by atoms with Crippen molar-refractivity contribution < 1.29 is 19.6 Å². The van der Waals surface area contributed by atoms with E-state index in [0.717, 1.165) is 24.9 Å². The Balaban J connectivity index is 2.23. The Bertz CT molecular complexity index is 593. The Morgan fingerprint density at radius 2 is 1.46 bits per heavy atom. The number of nitrogens with one attached hydrogen (secondary N) is 3. The summed E-state index contributed by atoms with van der Waals surface area (Å²) in [5.41, 5.74) is 2.40. The number of hydrogen-bond acceptors (Lipinski definition) is 4. The molecule has 156 valence electrons. The SMILES string of the molecule is CCCC[C@@H](CCCC(=O)NO)NC(=O)CCCCC(=O)Nc1ccccc1. The minimum absolute atomic E-state index is 0.0174. The van der Waals surface area contributed by atoms with Crippen LogP contribution < -0.4 is 16.1 Å². The van der Waals surface area contributed by atoms with Gasteiger partial charge in [-0.15, -0.1) is 0 Å². The number of carbonyl (C=O) groups is 3. The number of rotatable bonds is 14. The van der Waals surface area contributed by atoms with Crippen LogP contribution in [0.2, 0.25) is 0 Å². The van der Waals surface area contributed by atoms with Crippen LogP contribution in [-0.4, -0.2) is 29.0 Å². The monoisotopic (exact) mass is 391 g/mol. The number of hydroxylamine groups is 1. The van der Waals surface area contributed by atoms with E-state index >= 15 is 0 Å². The molecule has 0 fully saturated rings. The number of amides is 3. The normalized spacial score (nSPS) is 11.5. The summed E-state index contributed by atoms with van der Waals surface area (Å²) in [6.07, 6.45) is 6.57. The number of para-hydroxylation sites is 1. The van der Waals surface area contributed by atoms with Gasteiger partial charge in [-0.05, 0) is 44.2 Å². The molecule has 0 unspecified atom stereocenters. The molecule has 0 aromatic heterocycles. The number of carbonyl (C=O) groups excluding carboxylic acids is 3. The van der Waals surface area contributed by atoms with Gasteiger partial charge in [-0.1, -0.05) is 38.0 Å². The predicted molar refractivity (Wildman–Crippen MR) is 109 cm³/mol. The largest absolute Gasteiger partial charge is 0.353 e. The molecule has 0 aliphatic carbocycles. The Labute approximate surface area is 167 Å². The van der Waals surface area contributed by atoms with Crippen LogP contribution >= 0.6 is 0 Å². The van der Waals surface area contributed by atoms with Gasteiger partial charge in [-0.2, -0.15) is 0 Å². The summed E-state index contributed by atoms with van der Waals surface area (Å²) in [6, 6.07) is 9.35. The van der Waals surface area contributed by atoms with E-state index in [4.69, 9.17) is 5.21 Å². The Morgan fingerprint density at radius 1 is 0.857 bits per heavy atom. The zero-order valence-corrected chi connectivity index (χ0v) is 16.7. The van der Waals surface area contributed by atoms with Gasteiger partial charge in [0.15, 0.2) is 0 Å². The Hall–Kier alpha value is -2.41. The van der Waals surface area contributed by atoms with E-state index < -0.39 is 5.91 Å². The summed E-state index contributed by atoms with van der Waals surface area (Å²) in [5, 5.41) is 14.4. The molecule has 0 aliphatic rings. The lowest BCUT2D eigenvalue weighted by molar-refractivity contribution is -0.129. The van der Waals surface area contributed by atoms with Crippen molar-refractivity contribution in [1.29, 1.82) is 0 Å². The van der Waals surface area contributed by atoms with Crippen molar-refractivity contribution in [2.45, 2.75) is 77.2 Å². The molecule has 3 amide bonds. The average Bonchev–Trinajstić information content (AvgIpc) is 2.69. The molecule has 0 heterocycles. The molecule has 0 aliphatic heterocycles. The molecule has 7 heteroatoms. The molecule has 1 aromatic carbocycles. The average molecular weight is 392 g/mol. The molecular formula is C21H33N3O4. The van der Waals surface area contributed by atoms with Crippen molar-refractivity contribution in [3.05, 3.63) is 30.3 Å². The van der Waals surface area contributed by atoms with Crippen LogP contribution in [0.15, 0.2) is 30.3 Å². The molecule has 0 saturated carbocycles. The molecule has 1 atom stereocenters. The molecule has 0 saturated heterocycles. The van der Waals surface area contributed by atoms with Crippen LogP contribution in [-0.2, 0) is 14.4 Å². The van der Waals surface area contributed by atoms with Gasteiger partial charge in [0.25, 0.3) is 0 Å². The molecular weight excluding hydrogens is 358 g/mol. The first-order chi connectivity index (χ1) is 13.5. The van der Waals surface area contributed by atoms with Gasteiger partial charge in [-0.25, -0.2) is 5.48 Å². The number of unbranched alkanes of at least 4 members (excludes halogenated alkanes) is 2. The smallest absolute Gasteiger partial charge is 0.243 e. The first kappa shape index (κ1) is 23.6. The summed E-state index contributed by atoms with van der Waals surface area (Å²) in [7, 11) is 0. The molecule has 1 rings (SSSR count). The Morgan fingerprint density at radius 3 is 2.11 bits per heavy atom. The van der Waals surface area contributed by atoms with Crippen LogP contribution in [0.25, 0.3) is 0 Å². The van der Waals surface area contributed by atoms with Crippen LogP contribution in [0.3, 0.4) is 0 Å². The zero-order valence-electron chi connectivity index (χ0n) is 16.7. The first-order valence-corrected chi connectivity index (χ1v) is 10.1. The molecule has 0 spiro atoms. The maximum Gasteiger partial charge on any atom is 0.243 e. The first-order valence-electron chi connectivity index (χ1n) is 10.1. The lowest BCUT2D eigenvalue weighted by Gasteiger charge is -2.18. The van der Waals surface area contributed by atoms with Crippen LogP contribution in [0.4, 0.5) is 5.69 Å². The van der Waals surface area contributed by atoms with E-state index in [1.54, 1.807) is 5.48 Å². The molecule has 0 bridgehead atoms. The number of hydrogen-bond donors (Lipinski definition) is 4. The van der Waals surface area contributed by atoms with Gasteiger partial charge >= 0.3 is 0 Å². The van der Waals surface area contributed by atoms with E-state index in [9.17, 15) is 14.4 Å². The molecule has 7 nitrogen and oxygen atoms in total. The third-order valence-corrected chi connectivity index (χ3v) is 4.47. The lowest BCUT2D eigenvalue weighted by Crippen LogP contribution is -2.35. The summed E-state index contributed by atoms with van der Waals surface area (Å²) in [6.45, 7) is 2.10. The highest BCUT2D eigenvalue weighted by Crippen LogP contribution is 2.11. The summed E-state index contributed by atoms with van der Waals surface area (Å²) >= 11 is 0. The standard InChI is InChI=1S/C21H33N3O4/c1-2-3-10-17(13-9-16-21(27)24-28)22-19(25)14-7-8-15-20(26)23-18-11-5-4-6-12-18/h4-6,11-12,17,28H,2-3,7-10,13-16H2,1H3,(H,22,25)(H,23,26)(H,24,27)/t17-/m0/s1. The topological polar surface area (TPSA) is 108 Å². The second kappa shape index (κ2) is 14.6. The van der Waals surface area contributed by atoms with Crippen molar-refractivity contribution in [3.63, 3.8) is 0 Å². The zero-order chi connectivity index (χ0) is 20.6. The maximum absolute atomic E-state index is 12.2. The van der Waals surface area contributed by atoms with E-state index in [0.29, 0.717) is 38.5 Å². The molecule has 4 N–H and O–H groups in total. The van der Waals surface area contributed by atoms with Gasteiger partial charge in [0.2, 0.25) is 17.7 Å².